The highest BCUT2D eigenvalue weighted by molar-refractivity contribution is 7.11. The van der Waals surface area contributed by atoms with E-state index in [9.17, 15) is 0 Å². The molecule has 0 fully saturated rings. The standard InChI is InChI=1S/C19H27N3OS/c1-14(11-18-10-9-15(2)24-18)22-19(20-3)21-12-16-7-5-6-8-17(16)13-23-4/h5-10,14H,11-13H2,1-4H3,(H2,20,21,22). The van der Waals surface area contributed by atoms with Gasteiger partial charge in [-0.15, -0.1) is 11.3 Å². The van der Waals surface area contributed by atoms with Crippen molar-refractivity contribution >= 4 is 17.3 Å². The Bertz CT molecular complexity index is 666. The van der Waals surface area contributed by atoms with Crippen LogP contribution in [-0.4, -0.2) is 26.2 Å². The van der Waals surface area contributed by atoms with E-state index in [1.54, 1.807) is 14.2 Å². The van der Waals surface area contributed by atoms with Gasteiger partial charge in [-0.3, -0.25) is 4.99 Å². The average molecular weight is 346 g/mol. The molecule has 1 aromatic heterocycles. The highest BCUT2D eigenvalue weighted by atomic mass is 32.1. The molecule has 0 aliphatic rings. The van der Waals surface area contributed by atoms with Gasteiger partial charge >= 0.3 is 0 Å². The normalized spacial score (nSPS) is 12.9. The van der Waals surface area contributed by atoms with Gasteiger partial charge in [-0.1, -0.05) is 24.3 Å². The van der Waals surface area contributed by atoms with Gasteiger partial charge in [0.05, 0.1) is 6.61 Å². The largest absolute Gasteiger partial charge is 0.380 e. The van der Waals surface area contributed by atoms with Crippen molar-refractivity contribution in [2.24, 2.45) is 4.99 Å². The molecule has 1 unspecified atom stereocenters. The molecular weight excluding hydrogens is 318 g/mol. The molecule has 0 spiro atoms. The summed E-state index contributed by atoms with van der Waals surface area (Å²) in [4.78, 5) is 7.08. The van der Waals surface area contributed by atoms with Crippen molar-refractivity contribution in [3.8, 4) is 0 Å². The molecule has 2 rings (SSSR count). The quantitative estimate of drug-likeness (QED) is 0.596. The van der Waals surface area contributed by atoms with Crippen LogP contribution in [-0.2, 0) is 24.3 Å². The van der Waals surface area contributed by atoms with Crippen LogP contribution in [0.3, 0.4) is 0 Å². The van der Waals surface area contributed by atoms with Crippen molar-refractivity contribution in [3.63, 3.8) is 0 Å². The number of rotatable bonds is 7. The van der Waals surface area contributed by atoms with E-state index < -0.39 is 0 Å². The van der Waals surface area contributed by atoms with Crippen molar-refractivity contribution in [1.82, 2.24) is 10.6 Å². The van der Waals surface area contributed by atoms with E-state index >= 15 is 0 Å². The molecule has 130 valence electrons. The molecule has 0 aliphatic carbocycles. The Morgan fingerprint density at radius 2 is 1.96 bits per heavy atom. The highest BCUT2D eigenvalue weighted by Crippen LogP contribution is 2.16. The Morgan fingerprint density at radius 1 is 1.21 bits per heavy atom. The summed E-state index contributed by atoms with van der Waals surface area (Å²) < 4.78 is 5.26. The number of nitrogens with zero attached hydrogens (tertiary/aromatic N) is 1. The number of methoxy groups -OCH3 is 1. The first-order chi connectivity index (χ1) is 11.6. The summed E-state index contributed by atoms with van der Waals surface area (Å²) in [7, 11) is 3.52. The zero-order valence-electron chi connectivity index (χ0n) is 14.9. The summed E-state index contributed by atoms with van der Waals surface area (Å²) in [5, 5.41) is 6.85. The maximum Gasteiger partial charge on any atom is 0.191 e. The van der Waals surface area contributed by atoms with Crippen molar-refractivity contribution < 1.29 is 4.74 Å². The number of nitrogens with one attached hydrogen (secondary N) is 2. The molecule has 5 heteroatoms. The Kier molecular flexibility index (Phi) is 7.28. The molecule has 2 aromatic rings. The molecule has 24 heavy (non-hydrogen) atoms. The number of thiophene rings is 1. The topological polar surface area (TPSA) is 45.7 Å². The van der Waals surface area contributed by atoms with Gasteiger partial charge < -0.3 is 15.4 Å². The lowest BCUT2D eigenvalue weighted by Gasteiger charge is -2.18. The fourth-order valence-corrected chi connectivity index (χ4v) is 3.60. The first-order valence-corrected chi connectivity index (χ1v) is 9.02. The molecule has 0 amide bonds. The maximum absolute atomic E-state index is 5.26. The molecule has 0 bridgehead atoms. The fourth-order valence-electron chi connectivity index (χ4n) is 2.58. The van der Waals surface area contributed by atoms with Gasteiger partial charge in [-0.05, 0) is 37.1 Å². The van der Waals surface area contributed by atoms with Crippen LogP contribution < -0.4 is 10.6 Å². The van der Waals surface area contributed by atoms with Crippen molar-refractivity contribution in [2.75, 3.05) is 14.2 Å². The zero-order chi connectivity index (χ0) is 17.4. The van der Waals surface area contributed by atoms with Crippen LogP contribution in [0.15, 0.2) is 41.4 Å². The van der Waals surface area contributed by atoms with E-state index in [4.69, 9.17) is 4.74 Å². The summed E-state index contributed by atoms with van der Waals surface area (Å²) in [5.41, 5.74) is 2.42. The van der Waals surface area contributed by atoms with Gasteiger partial charge in [-0.25, -0.2) is 0 Å². The SMILES string of the molecule is CN=C(NCc1ccccc1COC)NC(C)Cc1ccc(C)s1. The van der Waals surface area contributed by atoms with Gasteiger partial charge in [0.1, 0.15) is 0 Å². The van der Waals surface area contributed by atoms with E-state index in [2.05, 4.69) is 53.7 Å². The molecule has 0 radical (unpaired) electrons. The Balaban J connectivity index is 1.88. The number of guanidine groups is 1. The Labute approximate surface area is 149 Å². The summed E-state index contributed by atoms with van der Waals surface area (Å²) in [6, 6.07) is 13.0. The molecule has 0 saturated carbocycles. The molecular formula is C19H27N3OS. The predicted molar refractivity (Wildman–Crippen MR) is 103 cm³/mol. The molecule has 2 N–H and O–H groups in total. The third-order valence-corrected chi connectivity index (χ3v) is 4.80. The lowest BCUT2D eigenvalue weighted by molar-refractivity contribution is 0.184. The molecule has 0 aliphatic heterocycles. The molecule has 0 saturated heterocycles. The minimum Gasteiger partial charge on any atom is -0.380 e. The van der Waals surface area contributed by atoms with Gasteiger partial charge in [0.25, 0.3) is 0 Å². The number of aryl methyl sites for hydroxylation is 1. The first kappa shape index (κ1) is 18.5. The second-order valence-electron chi connectivity index (χ2n) is 5.89. The van der Waals surface area contributed by atoms with E-state index in [1.165, 1.54) is 20.9 Å². The van der Waals surface area contributed by atoms with Crippen LogP contribution in [0, 0.1) is 6.92 Å². The summed E-state index contributed by atoms with van der Waals surface area (Å²) in [6.07, 6.45) is 0.999. The van der Waals surface area contributed by atoms with E-state index in [1.807, 2.05) is 23.5 Å². The molecule has 1 aromatic carbocycles. The zero-order valence-corrected chi connectivity index (χ0v) is 15.7. The smallest absolute Gasteiger partial charge is 0.191 e. The lowest BCUT2D eigenvalue weighted by Crippen LogP contribution is -2.42. The average Bonchev–Trinajstić information content (AvgIpc) is 2.97. The van der Waals surface area contributed by atoms with Crippen LogP contribution >= 0.6 is 11.3 Å². The number of hydrogen-bond donors (Lipinski definition) is 2. The number of hydrogen-bond acceptors (Lipinski definition) is 3. The highest BCUT2D eigenvalue weighted by Gasteiger charge is 2.08. The summed E-state index contributed by atoms with van der Waals surface area (Å²) in [5.74, 6) is 0.822. The predicted octanol–water partition coefficient (Wildman–Crippen LogP) is 3.50. The van der Waals surface area contributed by atoms with Crippen LogP contribution in [0.25, 0.3) is 0 Å². The molecule has 1 heterocycles. The third-order valence-electron chi connectivity index (χ3n) is 3.77. The lowest BCUT2D eigenvalue weighted by atomic mass is 10.1. The summed E-state index contributed by atoms with van der Waals surface area (Å²) >= 11 is 1.85. The van der Waals surface area contributed by atoms with Crippen LogP contribution in [0.4, 0.5) is 0 Å². The number of benzene rings is 1. The van der Waals surface area contributed by atoms with Gasteiger partial charge in [0.15, 0.2) is 5.96 Å². The van der Waals surface area contributed by atoms with Crippen LogP contribution in [0.5, 0.6) is 0 Å². The summed E-state index contributed by atoms with van der Waals surface area (Å²) in [6.45, 7) is 5.67. The first-order valence-electron chi connectivity index (χ1n) is 8.20. The van der Waals surface area contributed by atoms with Crippen molar-refractivity contribution in [1.29, 1.82) is 0 Å². The second-order valence-corrected chi connectivity index (χ2v) is 7.26. The third kappa shape index (κ3) is 5.65. The van der Waals surface area contributed by atoms with Crippen LogP contribution in [0.2, 0.25) is 0 Å². The van der Waals surface area contributed by atoms with Crippen molar-refractivity contribution in [3.05, 3.63) is 57.3 Å². The number of aliphatic imine (C=N–C) groups is 1. The van der Waals surface area contributed by atoms with Gasteiger partial charge in [0, 0.05) is 42.9 Å². The Hall–Kier alpha value is -1.85. The molecule has 4 nitrogen and oxygen atoms in total. The van der Waals surface area contributed by atoms with Gasteiger partial charge in [0.2, 0.25) is 0 Å². The second kappa shape index (κ2) is 9.45. The Morgan fingerprint density at radius 3 is 2.58 bits per heavy atom. The van der Waals surface area contributed by atoms with E-state index in [-0.39, 0.29) is 0 Å². The fraction of sp³-hybridized carbons (Fsp3) is 0.421. The monoisotopic (exact) mass is 345 g/mol. The minimum atomic E-state index is 0.323. The molecule has 1 atom stereocenters. The van der Waals surface area contributed by atoms with Crippen LogP contribution in [0.1, 0.15) is 27.8 Å². The number of ether oxygens (including phenoxy) is 1. The van der Waals surface area contributed by atoms with E-state index in [0.717, 1.165) is 18.9 Å². The minimum absolute atomic E-state index is 0.323. The van der Waals surface area contributed by atoms with Crippen molar-refractivity contribution in [2.45, 2.75) is 39.5 Å². The van der Waals surface area contributed by atoms with E-state index in [0.29, 0.717) is 12.6 Å². The van der Waals surface area contributed by atoms with Gasteiger partial charge in [-0.2, -0.15) is 0 Å². The maximum atomic E-state index is 5.26.